The van der Waals surface area contributed by atoms with E-state index in [0.717, 1.165) is 47.0 Å². The van der Waals surface area contributed by atoms with Crippen LogP contribution in [-0.4, -0.2) is 28.6 Å². The SMILES string of the molecule is CC1CCC(N=Cc2[nH]c(-c3ccc[nH]3)cc2-c2ccc(OC(F)(F)F)cc2)CC1.Cl. The molecule has 4 rings (SSSR count). The molecule has 0 saturated heterocycles. The Hall–Kier alpha value is -2.67. The van der Waals surface area contributed by atoms with Crippen LogP contribution in [0.3, 0.4) is 0 Å². The second-order valence-corrected chi connectivity index (χ2v) is 7.86. The molecule has 1 aromatic carbocycles. The van der Waals surface area contributed by atoms with Crippen molar-refractivity contribution in [3.63, 3.8) is 0 Å². The van der Waals surface area contributed by atoms with E-state index in [1.807, 2.05) is 30.6 Å². The first-order chi connectivity index (χ1) is 14.4. The van der Waals surface area contributed by atoms with Crippen LogP contribution >= 0.6 is 12.4 Å². The van der Waals surface area contributed by atoms with Gasteiger partial charge >= 0.3 is 6.36 Å². The van der Waals surface area contributed by atoms with Crippen LogP contribution in [0.25, 0.3) is 22.5 Å². The van der Waals surface area contributed by atoms with Crippen LogP contribution in [0.1, 0.15) is 38.3 Å². The van der Waals surface area contributed by atoms with E-state index >= 15 is 0 Å². The topological polar surface area (TPSA) is 53.2 Å². The van der Waals surface area contributed by atoms with Gasteiger partial charge in [-0.2, -0.15) is 0 Å². The van der Waals surface area contributed by atoms with Gasteiger partial charge in [0.1, 0.15) is 5.75 Å². The fourth-order valence-electron chi connectivity index (χ4n) is 3.86. The fraction of sp³-hybridized carbons (Fsp3) is 0.348. The highest BCUT2D eigenvalue weighted by Crippen LogP contribution is 2.32. The first-order valence-electron chi connectivity index (χ1n) is 10.1. The third kappa shape index (κ3) is 5.94. The lowest BCUT2D eigenvalue weighted by Crippen LogP contribution is -2.16. The smallest absolute Gasteiger partial charge is 0.406 e. The van der Waals surface area contributed by atoms with Crippen molar-refractivity contribution in [2.45, 2.75) is 45.0 Å². The summed E-state index contributed by atoms with van der Waals surface area (Å²) in [5.74, 6) is 0.521. The Morgan fingerprint density at radius 2 is 1.74 bits per heavy atom. The molecule has 0 spiro atoms. The van der Waals surface area contributed by atoms with Crippen molar-refractivity contribution in [1.29, 1.82) is 0 Å². The van der Waals surface area contributed by atoms with Crippen LogP contribution in [0.2, 0.25) is 0 Å². The number of hydrogen-bond acceptors (Lipinski definition) is 2. The van der Waals surface area contributed by atoms with E-state index in [4.69, 9.17) is 4.99 Å². The van der Waals surface area contributed by atoms with Crippen LogP contribution in [0.15, 0.2) is 53.7 Å². The summed E-state index contributed by atoms with van der Waals surface area (Å²) in [5, 5.41) is 0. The molecule has 1 aliphatic rings. The van der Waals surface area contributed by atoms with Gasteiger partial charge in [-0.05, 0) is 67.5 Å². The molecule has 8 heteroatoms. The average molecular weight is 452 g/mol. The Balaban J connectivity index is 0.00000272. The molecule has 0 atom stereocenters. The number of nitrogens with one attached hydrogen (secondary N) is 2. The second-order valence-electron chi connectivity index (χ2n) is 7.86. The zero-order valence-electron chi connectivity index (χ0n) is 17.1. The van der Waals surface area contributed by atoms with Crippen LogP contribution in [0.4, 0.5) is 13.2 Å². The van der Waals surface area contributed by atoms with Crippen molar-refractivity contribution in [3.05, 3.63) is 54.4 Å². The number of hydrogen-bond donors (Lipinski definition) is 2. The fourth-order valence-corrected chi connectivity index (χ4v) is 3.86. The van der Waals surface area contributed by atoms with Crippen molar-refractivity contribution < 1.29 is 17.9 Å². The normalized spacial score (nSPS) is 19.4. The van der Waals surface area contributed by atoms with Crippen LogP contribution in [-0.2, 0) is 0 Å². The van der Waals surface area contributed by atoms with Gasteiger partial charge in [0.2, 0.25) is 0 Å². The summed E-state index contributed by atoms with van der Waals surface area (Å²) in [4.78, 5) is 11.4. The first kappa shape index (κ1) is 23.0. The number of aromatic nitrogens is 2. The first-order valence-corrected chi connectivity index (χ1v) is 10.1. The molecular formula is C23H25ClF3N3O. The number of H-pyrrole nitrogens is 2. The van der Waals surface area contributed by atoms with Crippen molar-refractivity contribution in [3.8, 4) is 28.3 Å². The van der Waals surface area contributed by atoms with E-state index in [9.17, 15) is 13.2 Å². The second kappa shape index (κ2) is 9.64. The van der Waals surface area contributed by atoms with E-state index in [1.165, 1.54) is 25.0 Å². The number of aromatic amines is 2. The maximum atomic E-state index is 12.4. The number of benzene rings is 1. The summed E-state index contributed by atoms with van der Waals surface area (Å²) in [6.07, 6.45) is 3.55. The van der Waals surface area contributed by atoms with Gasteiger partial charge < -0.3 is 14.7 Å². The van der Waals surface area contributed by atoms with E-state index in [-0.39, 0.29) is 18.2 Å². The summed E-state index contributed by atoms with van der Waals surface area (Å²) in [6.45, 7) is 2.28. The highest BCUT2D eigenvalue weighted by molar-refractivity contribution is 5.91. The molecule has 0 radical (unpaired) electrons. The summed E-state index contributed by atoms with van der Waals surface area (Å²) >= 11 is 0. The number of halogens is 4. The molecule has 2 N–H and O–H groups in total. The zero-order chi connectivity index (χ0) is 21.1. The minimum Gasteiger partial charge on any atom is -0.406 e. The highest BCUT2D eigenvalue weighted by Gasteiger charge is 2.31. The van der Waals surface area contributed by atoms with Gasteiger partial charge in [0.15, 0.2) is 0 Å². The Labute approximate surface area is 185 Å². The lowest BCUT2D eigenvalue weighted by atomic mass is 9.88. The van der Waals surface area contributed by atoms with Gasteiger partial charge in [0.05, 0.1) is 23.1 Å². The van der Waals surface area contributed by atoms with Gasteiger partial charge in [0.25, 0.3) is 0 Å². The Bertz CT molecular complexity index is 986. The molecule has 1 fully saturated rings. The van der Waals surface area contributed by atoms with Crippen molar-refractivity contribution in [1.82, 2.24) is 9.97 Å². The standard InChI is InChI=1S/C23H24F3N3O.ClH/c1-15-4-8-17(9-5-15)28-14-22-19(13-21(29-22)20-3-2-12-27-20)16-6-10-18(11-7-16)30-23(24,25)26;/h2-3,6-7,10-15,17,27,29H,4-5,8-9H2,1H3;1H. The maximum absolute atomic E-state index is 12.4. The molecule has 0 amide bonds. The number of ether oxygens (including phenoxy) is 1. The summed E-state index contributed by atoms with van der Waals surface area (Å²) < 4.78 is 41.3. The van der Waals surface area contributed by atoms with Crippen molar-refractivity contribution in [2.24, 2.45) is 10.9 Å². The van der Waals surface area contributed by atoms with Gasteiger partial charge in [-0.25, -0.2) is 0 Å². The molecule has 0 aliphatic heterocycles. The Kier molecular flexibility index (Phi) is 7.15. The van der Waals surface area contributed by atoms with Crippen LogP contribution < -0.4 is 4.74 Å². The number of alkyl halides is 3. The monoisotopic (exact) mass is 451 g/mol. The minimum atomic E-state index is -4.70. The van der Waals surface area contributed by atoms with Crippen LogP contribution in [0, 0.1) is 5.92 Å². The number of rotatable bonds is 5. The molecule has 166 valence electrons. The summed E-state index contributed by atoms with van der Waals surface area (Å²) in [5.41, 5.74) is 4.33. The molecule has 1 saturated carbocycles. The van der Waals surface area contributed by atoms with Gasteiger partial charge in [-0.1, -0.05) is 19.1 Å². The van der Waals surface area contributed by atoms with Crippen molar-refractivity contribution in [2.75, 3.05) is 0 Å². The van der Waals surface area contributed by atoms with Gasteiger partial charge in [-0.15, -0.1) is 25.6 Å². The molecule has 31 heavy (non-hydrogen) atoms. The molecule has 2 heterocycles. The molecule has 4 nitrogen and oxygen atoms in total. The quantitative estimate of drug-likeness (QED) is 0.403. The van der Waals surface area contributed by atoms with Gasteiger partial charge in [-0.3, -0.25) is 4.99 Å². The van der Waals surface area contributed by atoms with E-state index < -0.39 is 6.36 Å². The van der Waals surface area contributed by atoms with E-state index in [1.54, 1.807) is 12.1 Å². The third-order valence-corrected chi connectivity index (χ3v) is 5.54. The summed E-state index contributed by atoms with van der Waals surface area (Å²) in [6, 6.07) is 12.1. The Morgan fingerprint density at radius 3 is 2.35 bits per heavy atom. The predicted octanol–water partition coefficient (Wildman–Crippen LogP) is 6.99. The van der Waals surface area contributed by atoms with E-state index in [0.29, 0.717) is 6.04 Å². The number of aliphatic imine (C=N–C) groups is 1. The molecular weight excluding hydrogens is 427 g/mol. The third-order valence-electron chi connectivity index (χ3n) is 5.54. The lowest BCUT2D eigenvalue weighted by Gasteiger charge is -2.22. The highest BCUT2D eigenvalue weighted by atomic mass is 35.5. The lowest BCUT2D eigenvalue weighted by molar-refractivity contribution is -0.274. The van der Waals surface area contributed by atoms with E-state index in [2.05, 4.69) is 21.6 Å². The molecule has 2 aromatic heterocycles. The van der Waals surface area contributed by atoms with Gasteiger partial charge in [0, 0.05) is 18.0 Å². The number of nitrogens with zero attached hydrogens (tertiary/aromatic N) is 1. The maximum Gasteiger partial charge on any atom is 0.573 e. The predicted molar refractivity (Wildman–Crippen MR) is 119 cm³/mol. The molecule has 1 aliphatic carbocycles. The zero-order valence-corrected chi connectivity index (χ0v) is 17.9. The Morgan fingerprint density at radius 1 is 1.03 bits per heavy atom. The summed E-state index contributed by atoms with van der Waals surface area (Å²) in [7, 11) is 0. The molecule has 0 unspecified atom stereocenters. The van der Waals surface area contributed by atoms with Crippen molar-refractivity contribution >= 4 is 18.6 Å². The van der Waals surface area contributed by atoms with Crippen LogP contribution in [0.5, 0.6) is 5.75 Å². The largest absolute Gasteiger partial charge is 0.573 e. The minimum absolute atomic E-state index is 0. The average Bonchev–Trinajstić information content (AvgIpc) is 3.37. The molecule has 3 aromatic rings. The molecule has 0 bridgehead atoms.